The lowest BCUT2D eigenvalue weighted by molar-refractivity contribution is -0.136. The molecule has 0 bridgehead atoms. The van der Waals surface area contributed by atoms with Crippen molar-refractivity contribution in [2.24, 2.45) is 4.99 Å². The molecule has 0 N–H and O–H groups in total. The summed E-state index contributed by atoms with van der Waals surface area (Å²) in [7, 11) is 6.02. The third-order valence-electron chi connectivity index (χ3n) is 5.56. The number of carbonyl (C=O) groups is 1. The zero-order valence-electron chi connectivity index (χ0n) is 19.4. The Bertz CT molecular complexity index is 1450. The Morgan fingerprint density at radius 2 is 1.71 bits per heavy atom. The summed E-state index contributed by atoms with van der Waals surface area (Å²) in [5, 5.41) is 0. The molecule has 1 aliphatic heterocycles. The van der Waals surface area contributed by atoms with E-state index in [2.05, 4.69) is 4.99 Å². The summed E-state index contributed by atoms with van der Waals surface area (Å²) in [4.78, 5) is 31.4. The quantitative estimate of drug-likeness (QED) is 0.504. The van der Waals surface area contributed by atoms with Gasteiger partial charge in [0.15, 0.2) is 16.3 Å². The number of thiazole rings is 1. The van der Waals surface area contributed by atoms with Gasteiger partial charge in [0.1, 0.15) is 5.75 Å². The third kappa shape index (κ3) is 4.10. The summed E-state index contributed by atoms with van der Waals surface area (Å²) < 4.78 is 23.0. The van der Waals surface area contributed by atoms with Gasteiger partial charge in [0, 0.05) is 0 Å². The Kier molecular flexibility index (Phi) is 6.56. The molecule has 3 aromatic rings. The Labute approximate surface area is 200 Å². The summed E-state index contributed by atoms with van der Waals surface area (Å²) >= 11 is 1.26. The van der Waals surface area contributed by atoms with Crippen molar-refractivity contribution in [2.45, 2.75) is 13.0 Å². The van der Waals surface area contributed by atoms with Crippen LogP contribution < -0.4 is 29.1 Å². The van der Waals surface area contributed by atoms with Crippen LogP contribution in [0, 0.1) is 0 Å². The molecular weight excluding hydrogens is 456 g/mol. The molecule has 34 heavy (non-hydrogen) atoms. The average Bonchev–Trinajstić information content (AvgIpc) is 3.16. The fourth-order valence-corrected chi connectivity index (χ4v) is 4.93. The van der Waals surface area contributed by atoms with Crippen molar-refractivity contribution >= 4 is 23.4 Å². The molecule has 2 heterocycles. The van der Waals surface area contributed by atoms with Gasteiger partial charge in [-0.2, -0.15) is 0 Å². The van der Waals surface area contributed by atoms with E-state index in [0.29, 0.717) is 37.9 Å². The number of methoxy groups -OCH3 is 4. The molecule has 176 valence electrons. The van der Waals surface area contributed by atoms with Gasteiger partial charge in [0.2, 0.25) is 0 Å². The number of carbonyl (C=O) groups excluding carboxylic acids is 1. The number of fused-ring (bicyclic) bond motifs is 1. The smallest absolute Gasteiger partial charge is 0.338 e. The standard InChI is InChI=1S/C25H24N2O6S/c1-14-21(24(29)33-5)22(16-7-9-17(30-2)10-8-16)27-23(28)20(34-25(27)26-14)13-15-6-11-18(31-3)19(12-15)32-4/h6-13,22H,1-5H3. The van der Waals surface area contributed by atoms with Crippen molar-refractivity contribution in [1.82, 2.24) is 4.57 Å². The molecule has 4 rings (SSSR count). The first-order valence-electron chi connectivity index (χ1n) is 10.4. The minimum atomic E-state index is -0.679. The van der Waals surface area contributed by atoms with Crippen LogP contribution in [0.5, 0.6) is 17.2 Å². The number of ether oxygens (including phenoxy) is 4. The molecule has 0 saturated carbocycles. The van der Waals surface area contributed by atoms with Gasteiger partial charge in [-0.25, -0.2) is 9.79 Å². The number of allylic oxidation sites excluding steroid dienone is 1. The number of nitrogens with zero attached hydrogens (tertiary/aromatic N) is 2. The van der Waals surface area contributed by atoms with Crippen LogP contribution in [0.2, 0.25) is 0 Å². The Balaban J connectivity index is 1.92. The minimum absolute atomic E-state index is 0.256. The monoisotopic (exact) mass is 480 g/mol. The van der Waals surface area contributed by atoms with Gasteiger partial charge in [-0.3, -0.25) is 9.36 Å². The third-order valence-corrected chi connectivity index (χ3v) is 6.55. The SMILES string of the molecule is COC(=O)C1=C(C)N=c2sc(=Cc3ccc(OC)c(OC)c3)c(=O)n2C1c1ccc(OC)cc1. The lowest BCUT2D eigenvalue weighted by atomic mass is 9.96. The largest absolute Gasteiger partial charge is 0.497 e. The number of benzene rings is 2. The number of rotatable bonds is 6. The highest BCUT2D eigenvalue weighted by atomic mass is 32.1. The molecular formula is C25H24N2O6S. The van der Waals surface area contributed by atoms with Crippen LogP contribution in [0.15, 0.2) is 63.5 Å². The normalized spacial score (nSPS) is 15.4. The highest BCUT2D eigenvalue weighted by Gasteiger charge is 2.33. The molecule has 0 fully saturated rings. The topological polar surface area (TPSA) is 88.4 Å². The number of hydrogen-bond acceptors (Lipinski definition) is 8. The Morgan fingerprint density at radius 1 is 1.00 bits per heavy atom. The summed E-state index contributed by atoms with van der Waals surface area (Å²) in [5.74, 6) is 1.30. The van der Waals surface area contributed by atoms with Gasteiger partial charge < -0.3 is 18.9 Å². The maximum absolute atomic E-state index is 13.6. The van der Waals surface area contributed by atoms with Gasteiger partial charge in [-0.05, 0) is 48.4 Å². The van der Waals surface area contributed by atoms with E-state index in [1.807, 2.05) is 18.2 Å². The lowest BCUT2D eigenvalue weighted by Crippen LogP contribution is -2.39. The van der Waals surface area contributed by atoms with Crippen molar-refractivity contribution in [2.75, 3.05) is 28.4 Å². The summed E-state index contributed by atoms with van der Waals surface area (Å²) in [5.41, 5.74) is 2.08. The van der Waals surface area contributed by atoms with Crippen molar-refractivity contribution in [3.8, 4) is 17.2 Å². The van der Waals surface area contributed by atoms with E-state index in [4.69, 9.17) is 18.9 Å². The van der Waals surface area contributed by atoms with E-state index < -0.39 is 12.0 Å². The van der Waals surface area contributed by atoms with Gasteiger partial charge in [0.05, 0.1) is 50.3 Å². The molecule has 9 heteroatoms. The molecule has 1 atom stereocenters. The van der Waals surface area contributed by atoms with Crippen molar-refractivity contribution < 1.29 is 23.7 Å². The number of esters is 1. The number of aromatic nitrogens is 1. The summed E-state index contributed by atoms with van der Waals surface area (Å²) in [6.07, 6.45) is 1.77. The second-order valence-corrected chi connectivity index (χ2v) is 8.47. The zero-order chi connectivity index (χ0) is 24.4. The fourth-order valence-electron chi connectivity index (χ4n) is 3.89. The van der Waals surface area contributed by atoms with Crippen molar-refractivity contribution in [3.05, 3.63) is 84.5 Å². The van der Waals surface area contributed by atoms with E-state index in [1.54, 1.807) is 58.6 Å². The van der Waals surface area contributed by atoms with Crippen LogP contribution in [-0.2, 0) is 9.53 Å². The van der Waals surface area contributed by atoms with Crippen LogP contribution in [-0.4, -0.2) is 39.0 Å². The maximum atomic E-state index is 13.6. The lowest BCUT2D eigenvalue weighted by Gasteiger charge is -2.24. The highest BCUT2D eigenvalue weighted by molar-refractivity contribution is 7.07. The maximum Gasteiger partial charge on any atom is 0.338 e. The summed E-state index contributed by atoms with van der Waals surface area (Å²) in [6, 6.07) is 12.0. The van der Waals surface area contributed by atoms with E-state index in [1.165, 1.54) is 23.0 Å². The van der Waals surface area contributed by atoms with E-state index in [9.17, 15) is 9.59 Å². The van der Waals surface area contributed by atoms with Crippen LogP contribution >= 0.6 is 11.3 Å². The van der Waals surface area contributed by atoms with Gasteiger partial charge in [0.25, 0.3) is 5.56 Å². The minimum Gasteiger partial charge on any atom is -0.497 e. The van der Waals surface area contributed by atoms with Crippen molar-refractivity contribution in [1.29, 1.82) is 0 Å². The molecule has 1 unspecified atom stereocenters. The molecule has 0 spiro atoms. The fraction of sp³-hybridized carbons (Fsp3) is 0.240. The number of hydrogen-bond donors (Lipinski definition) is 0. The van der Waals surface area contributed by atoms with Gasteiger partial charge >= 0.3 is 5.97 Å². The molecule has 8 nitrogen and oxygen atoms in total. The van der Waals surface area contributed by atoms with E-state index in [0.717, 1.165) is 11.1 Å². The van der Waals surface area contributed by atoms with Crippen LogP contribution in [0.3, 0.4) is 0 Å². The molecule has 0 aliphatic carbocycles. The highest BCUT2D eigenvalue weighted by Crippen LogP contribution is 2.31. The second kappa shape index (κ2) is 9.56. The first-order valence-corrected chi connectivity index (χ1v) is 11.2. The predicted octanol–water partition coefficient (Wildman–Crippen LogP) is 2.43. The van der Waals surface area contributed by atoms with Crippen LogP contribution in [0.4, 0.5) is 0 Å². The average molecular weight is 481 g/mol. The first-order chi connectivity index (χ1) is 16.4. The zero-order valence-corrected chi connectivity index (χ0v) is 20.3. The first kappa shape index (κ1) is 23.3. The van der Waals surface area contributed by atoms with Crippen LogP contribution in [0.1, 0.15) is 24.1 Å². The molecule has 0 radical (unpaired) electrons. The van der Waals surface area contributed by atoms with Gasteiger partial charge in [-0.15, -0.1) is 0 Å². The molecule has 2 aromatic carbocycles. The summed E-state index contributed by atoms with van der Waals surface area (Å²) in [6.45, 7) is 1.74. The van der Waals surface area contributed by atoms with Gasteiger partial charge in [-0.1, -0.05) is 29.5 Å². The predicted molar refractivity (Wildman–Crippen MR) is 128 cm³/mol. The van der Waals surface area contributed by atoms with Crippen molar-refractivity contribution in [3.63, 3.8) is 0 Å². The Morgan fingerprint density at radius 3 is 2.32 bits per heavy atom. The van der Waals surface area contributed by atoms with E-state index >= 15 is 0 Å². The molecule has 1 aromatic heterocycles. The second-order valence-electron chi connectivity index (χ2n) is 7.46. The Hall–Kier alpha value is -3.85. The molecule has 0 amide bonds. The van der Waals surface area contributed by atoms with E-state index in [-0.39, 0.29) is 5.56 Å². The van der Waals surface area contributed by atoms with Crippen LogP contribution in [0.25, 0.3) is 6.08 Å². The molecule has 0 saturated heterocycles. The molecule has 1 aliphatic rings.